The number of hydrogen-bond acceptors (Lipinski definition) is 3. The van der Waals surface area contributed by atoms with Crippen LogP contribution in [0.15, 0.2) is 12.7 Å². The van der Waals surface area contributed by atoms with Crippen LogP contribution < -0.4 is 5.32 Å². The lowest BCUT2D eigenvalue weighted by molar-refractivity contribution is -0.126. The van der Waals surface area contributed by atoms with Gasteiger partial charge in [0.1, 0.15) is 5.78 Å². The molecule has 2 unspecified atom stereocenters. The maximum atomic E-state index is 12.4. The van der Waals surface area contributed by atoms with Crippen LogP contribution in [-0.2, 0) is 9.53 Å². The van der Waals surface area contributed by atoms with E-state index in [1.54, 1.807) is 0 Å². The van der Waals surface area contributed by atoms with Crippen molar-refractivity contribution in [1.29, 1.82) is 0 Å². The molecular weight excluding hydrogens is 274 g/mol. The van der Waals surface area contributed by atoms with Gasteiger partial charge in [-0.25, -0.2) is 0 Å². The number of ketones is 1. The smallest absolute Gasteiger partial charge is 0.136 e. The standard InChI is InChI=1S/C19H33NO2/c1-2-3-4-5-6-7-8-9-10-11-19(21)16-12-17-14-22-15-18(13-16)20-17/h2,16-18,20H,1,3-15H2. The van der Waals surface area contributed by atoms with Gasteiger partial charge in [-0.3, -0.25) is 4.79 Å². The Morgan fingerprint density at radius 2 is 1.59 bits per heavy atom. The van der Waals surface area contributed by atoms with Gasteiger partial charge in [-0.05, 0) is 32.1 Å². The van der Waals surface area contributed by atoms with Gasteiger partial charge in [0, 0.05) is 24.4 Å². The molecular formula is C19H33NO2. The fraction of sp³-hybridized carbons (Fsp3) is 0.842. The second-order valence-electron chi connectivity index (χ2n) is 7.03. The molecule has 0 saturated carbocycles. The molecule has 3 nitrogen and oxygen atoms in total. The minimum Gasteiger partial charge on any atom is -0.378 e. The third-order valence-electron chi connectivity index (χ3n) is 5.03. The van der Waals surface area contributed by atoms with Gasteiger partial charge in [-0.15, -0.1) is 6.58 Å². The summed E-state index contributed by atoms with van der Waals surface area (Å²) in [6.07, 6.45) is 14.8. The number of ether oxygens (including phenoxy) is 1. The number of rotatable bonds is 11. The minimum absolute atomic E-state index is 0.291. The highest BCUT2D eigenvalue weighted by Crippen LogP contribution is 2.26. The van der Waals surface area contributed by atoms with Crippen LogP contribution in [0.4, 0.5) is 0 Å². The largest absolute Gasteiger partial charge is 0.378 e. The van der Waals surface area contributed by atoms with E-state index < -0.39 is 0 Å². The van der Waals surface area contributed by atoms with Crippen LogP contribution in [0.3, 0.4) is 0 Å². The summed E-state index contributed by atoms with van der Waals surface area (Å²) in [5.74, 6) is 0.795. The zero-order valence-electron chi connectivity index (χ0n) is 14.0. The van der Waals surface area contributed by atoms with Crippen molar-refractivity contribution < 1.29 is 9.53 Å². The number of Topliss-reactive ketones (excluding diaryl/α,β-unsaturated/α-hetero) is 1. The summed E-state index contributed by atoms with van der Waals surface area (Å²) >= 11 is 0. The predicted octanol–water partition coefficient (Wildman–Crippen LogP) is 4.02. The highest BCUT2D eigenvalue weighted by Gasteiger charge is 2.34. The molecule has 0 aromatic rings. The fourth-order valence-electron chi connectivity index (χ4n) is 3.78. The van der Waals surface area contributed by atoms with Gasteiger partial charge in [0.2, 0.25) is 0 Å². The lowest BCUT2D eigenvalue weighted by Gasteiger charge is -2.39. The van der Waals surface area contributed by atoms with Crippen LogP contribution >= 0.6 is 0 Å². The highest BCUT2D eigenvalue weighted by molar-refractivity contribution is 5.81. The average molecular weight is 307 g/mol. The van der Waals surface area contributed by atoms with E-state index in [1.807, 2.05) is 6.08 Å². The Hall–Kier alpha value is -0.670. The van der Waals surface area contributed by atoms with Crippen molar-refractivity contribution >= 4 is 5.78 Å². The minimum atomic E-state index is 0.291. The van der Waals surface area contributed by atoms with Gasteiger partial charge in [-0.2, -0.15) is 0 Å². The summed E-state index contributed by atoms with van der Waals surface area (Å²) in [7, 11) is 0. The fourth-order valence-corrected chi connectivity index (χ4v) is 3.78. The molecule has 1 N–H and O–H groups in total. The Labute approximate surface area is 135 Å². The maximum absolute atomic E-state index is 12.4. The number of fused-ring (bicyclic) bond motifs is 2. The van der Waals surface area contributed by atoms with E-state index in [-0.39, 0.29) is 0 Å². The van der Waals surface area contributed by atoms with Crippen molar-refractivity contribution in [2.24, 2.45) is 5.92 Å². The summed E-state index contributed by atoms with van der Waals surface area (Å²) in [5.41, 5.74) is 0. The van der Waals surface area contributed by atoms with E-state index in [9.17, 15) is 4.79 Å². The average Bonchev–Trinajstić information content (AvgIpc) is 2.52. The van der Waals surface area contributed by atoms with Crippen molar-refractivity contribution in [2.75, 3.05) is 13.2 Å². The molecule has 2 aliphatic heterocycles. The van der Waals surface area contributed by atoms with Crippen LogP contribution in [0.2, 0.25) is 0 Å². The Balaban J connectivity index is 1.48. The molecule has 2 aliphatic rings. The van der Waals surface area contributed by atoms with Crippen molar-refractivity contribution in [2.45, 2.75) is 82.7 Å². The molecule has 2 heterocycles. The van der Waals surface area contributed by atoms with Crippen LogP contribution in [0.25, 0.3) is 0 Å². The van der Waals surface area contributed by atoms with Crippen LogP contribution in [-0.4, -0.2) is 31.1 Å². The monoisotopic (exact) mass is 307 g/mol. The number of carbonyl (C=O) groups is 1. The van der Waals surface area contributed by atoms with Gasteiger partial charge in [0.25, 0.3) is 0 Å². The normalized spacial score (nSPS) is 27.5. The van der Waals surface area contributed by atoms with Crippen molar-refractivity contribution in [3.8, 4) is 0 Å². The predicted molar refractivity (Wildman–Crippen MR) is 91.0 cm³/mol. The van der Waals surface area contributed by atoms with Gasteiger partial charge >= 0.3 is 0 Å². The van der Waals surface area contributed by atoms with E-state index in [0.717, 1.165) is 45.3 Å². The summed E-state index contributed by atoms with van der Waals surface area (Å²) in [5, 5.41) is 3.56. The molecule has 0 aliphatic carbocycles. The van der Waals surface area contributed by atoms with E-state index in [1.165, 1.54) is 38.5 Å². The number of allylic oxidation sites excluding steroid dienone is 1. The number of piperidine rings is 1. The topological polar surface area (TPSA) is 38.3 Å². The lowest BCUT2D eigenvalue weighted by atomic mass is 9.83. The Bertz CT molecular complexity index is 330. The molecule has 0 radical (unpaired) electrons. The first kappa shape index (κ1) is 17.7. The summed E-state index contributed by atoms with van der Waals surface area (Å²) in [6, 6.07) is 0.828. The van der Waals surface area contributed by atoms with Gasteiger partial charge in [0.05, 0.1) is 13.2 Å². The molecule has 0 amide bonds. The molecule has 2 atom stereocenters. The van der Waals surface area contributed by atoms with Crippen LogP contribution in [0, 0.1) is 5.92 Å². The number of hydrogen-bond donors (Lipinski definition) is 1. The quantitative estimate of drug-likeness (QED) is 0.463. The van der Waals surface area contributed by atoms with E-state index in [0.29, 0.717) is 23.8 Å². The molecule has 0 aromatic heterocycles. The van der Waals surface area contributed by atoms with Crippen molar-refractivity contribution in [3.63, 3.8) is 0 Å². The molecule has 2 bridgehead atoms. The molecule has 3 heteroatoms. The number of morpholine rings is 1. The SMILES string of the molecule is C=CCCCCCCCCCC(=O)C1CC2COCC(C1)N2. The van der Waals surface area contributed by atoms with Gasteiger partial charge in [0.15, 0.2) is 0 Å². The van der Waals surface area contributed by atoms with E-state index in [4.69, 9.17) is 4.74 Å². The number of nitrogens with one attached hydrogen (secondary N) is 1. The van der Waals surface area contributed by atoms with Crippen molar-refractivity contribution in [1.82, 2.24) is 5.32 Å². The van der Waals surface area contributed by atoms with Gasteiger partial charge in [-0.1, -0.05) is 38.2 Å². The molecule has 126 valence electrons. The van der Waals surface area contributed by atoms with E-state index in [2.05, 4.69) is 11.9 Å². The molecule has 2 fully saturated rings. The lowest BCUT2D eigenvalue weighted by Crippen LogP contribution is -2.55. The summed E-state index contributed by atoms with van der Waals surface area (Å²) in [4.78, 5) is 12.4. The number of carbonyl (C=O) groups excluding carboxylic acids is 1. The second kappa shape index (κ2) is 10.2. The molecule has 0 aromatic carbocycles. The molecule has 22 heavy (non-hydrogen) atoms. The number of unbranched alkanes of at least 4 members (excludes halogenated alkanes) is 7. The first-order chi connectivity index (χ1) is 10.8. The van der Waals surface area contributed by atoms with Crippen LogP contribution in [0.1, 0.15) is 70.6 Å². The third-order valence-corrected chi connectivity index (χ3v) is 5.03. The third kappa shape index (κ3) is 6.21. The molecule has 0 spiro atoms. The first-order valence-electron chi connectivity index (χ1n) is 9.27. The summed E-state index contributed by atoms with van der Waals surface area (Å²) in [6.45, 7) is 5.32. The Kier molecular flexibility index (Phi) is 8.17. The van der Waals surface area contributed by atoms with Gasteiger partial charge < -0.3 is 10.1 Å². The second-order valence-corrected chi connectivity index (χ2v) is 7.03. The zero-order valence-corrected chi connectivity index (χ0v) is 14.0. The Morgan fingerprint density at radius 1 is 1.00 bits per heavy atom. The molecule has 2 rings (SSSR count). The maximum Gasteiger partial charge on any atom is 0.136 e. The Morgan fingerprint density at radius 3 is 2.23 bits per heavy atom. The summed E-state index contributed by atoms with van der Waals surface area (Å²) < 4.78 is 5.55. The van der Waals surface area contributed by atoms with E-state index >= 15 is 0 Å². The molecule has 2 saturated heterocycles. The highest BCUT2D eigenvalue weighted by atomic mass is 16.5. The van der Waals surface area contributed by atoms with Crippen LogP contribution in [0.5, 0.6) is 0 Å². The zero-order chi connectivity index (χ0) is 15.6. The van der Waals surface area contributed by atoms with Crippen molar-refractivity contribution in [3.05, 3.63) is 12.7 Å². The first-order valence-corrected chi connectivity index (χ1v) is 9.27.